The topological polar surface area (TPSA) is 51.0 Å². The average molecular weight is 252 g/mol. The lowest BCUT2D eigenvalue weighted by atomic mass is 10.1. The molecule has 0 saturated carbocycles. The number of aromatic nitrogens is 2. The Balaban J connectivity index is 2.18. The fraction of sp³-hybridized carbons (Fsp3) is 0.333. The van der Waals surface area contributed by atoms with Crippen LogP contribution in [0.3, 0.4) is 0 Å². The normalized spacial score (nSPS) is 10.8. The predicted molar refractivity (Wildman–Crippen MR) is 67.2 cm³/mol. The molecule has 5 heteroatoms. The minimum Gasteiger partial charge on any atom is -0.472 e. The predicted octanol–water partition coefficient (Wildman–Crippen LogP) is 3.46. The van der Waals surface area contributed by atoms with Gasteiger partial charge >= 0.3 is 0 Å². The molecule has 0 atom stereocenters. The van der Waals surface area contributed by atoms with Crippen LogP contribution in [0.1, 0.15) is 30.9 Å². The standard InChI is InChI=1S/C12H14ClN3O/c1-8(2)10-11(13)15-7-16-12(10)14-5-9-3-4-17-6-9/h3-4,6-8H,5H2,1-2H3,(H,14,15,16). The summed E-state index contributed by atoms with van der Waals surface area (Å²) < 4.78 is 5.01. The molecule has 0 fully saturated rings. The van der Waals surface area contributed by atoms with Crippen LogP contribution in [0, 0.1) is 0 Å². The first-order valence-corrected chi connectivity index (χ1v) is 5.81. The third-order valence-electron chi connectivity index (χ3n) is 2.45. The van der Waals surface area contributed by atoms with Crippen LogP contribution in [0.25, 0.3) is 0 Å². The number of anilines is 1. The molecule has 0 bridgehead atoms. The van der Waals surface area contributed by atoms with Crippen LogP contribution in [0.15, 0.2) is 29.3 Å². The molecule has 0 saturated heterocycles. The molecule has 2 aromatic heterocycles. The zero-order valence-electron chi connectivity index (χ0n) is 9.77. The highest BCUT2D eigenvalue weighted by molar-refractivity contribution is 6.30. The van der Waals surface area contributed by atoms with Crippen LogP contribution < -0.4 is 5.32 Å². The maximum Gasteiger partial charge on any atom is 0.138 e. The van der Waals surface area contributed by atoms with E-state index < -0.39 is 0 Å². The van der Waals surface area contributed by atoms with E-state index in [4.69, 9.17) is 16.0 Å². The van der Waals surface area contributed by atoms with Gasteiger partial charge in [0.2, 0.25) is 0 Å². The van der Waals surface area contributed by atoms with Gasteiger partial charge in [-0.1, -0.05) is 25.4 Å². The van der Waals surface area contributed by atoms with Crippen molar-refractivity contribution >= 4 is 17.4 Å². The minimum absolute atomic E-state index is 0.274. The molecule has 1 N–H and O–H groups in total. The van der Waals surface area contributed by atoms with E-state index in [1.165, 1.54) is 6.33 Å². The molecule has 4 nitrogen and oxygen atoms in total. The molecule has 2 heterocycles. The molecule has 0 aliphatic heterocycles. The van der Waals surface area contributed by atoms with Crippen molar-refractivity contribution in [1.82, 2.24) is 9.97 Å². The van der Waals surface area contributed by atoms with Crippen molar-refractivity contribution in [2.45, 2.75) is 26.3 Å². The third-order valence-corrected chi connectivity index (χ3v) is 2.75. The van der Waals surface area contributed by atoms with Gasteiger partial charge in [-0.05, 0) is 12.0 Å². The average Bonchev–Trinajstić information content (AvgIpc) is 2.78. The first kappa shape index (κ1) is 11.9. The van der Waals surface area contributed by atoms with Crippen molar-refractivity contribution in [3.63, 3.8) is 0 Å². The van der Waals surface area contributed by atoms with Crippen molar-refractivity contribution in [1.29, 1.82) is 0 Å². The van der Waals surface area contributed by atoms with Crippen LogP contribution in [-0.4, -0.2) is 9.97 Å². The van der Waals surface area contributed by atoms with Crippen LogP contribution in [0.4, 0.5) is 5.82 Å². The van der Waals surface area contributed by atoms with Gasteiger partial charge in [0.05, 0.1) is 12.5 Å². The molecule has 2 aromatic rings. The van der Waals surface area contributed by atoms with Crippen LogP contribution >= 0.6 is 11.6 Å². The van der Waals surface area contributed by atoms with Crippen molar-refractivity contribution in [2.75, 3.05) is 5.32 Å². The summed E-state index contributed by atoms with van der Waals surface area (Å²) in [5.74, 6) is 1.05. The van der Waals surface area contributed by atoms with E-state index in [1.54, 1.807) is 12.5 Å². The van der Waals surface area contributed by atoms with E-state index in [2.05, 4.69) is 29.1 Å². The van der Waals surface area contributed by atoms with Crippen molar-refractivity contribution in [2.24, 2.45) is 0 Å². The number of hydrogen-bond acceptors (Lipinski definition) is 4. The lowest BCUT2D eigenvalue weighted by Gasteiger charge is -2.13. The molecule has 0 radical (unpaired) electrons. The Morgan fingerprint density at radius 3 is 2.88 bits per heavy atom. The van der Waals surface area contributed by atoms with Gasteiger partial charge in [-0.2, -0.15) is 0 Å². The van der Waals surface area contributed by atoms with E-state index in [-0.39, 0.29) is 5.92 Å². The van der Waals surface area contributed by atoms with E-state index in [0.29, 0.717) is 11.7 Å². The second kappa shape index (κ2) is 5.19. The van der Waals surface area contributed by atoms with Crippen molar-refractivity contribution < 1.29 is 4.42 Å². The number of hydrogen-bond donors (Lipinski definition) is 1. The van der Waals surface area contributed by atoms with Gasteiger partial charge in [-0.3, -0.25) is 0 Å². The second-order valence-corrected chi connectivity index (χ2v) is 4.42. The van der Waals surface area contributed by atoms with E-state index >= 15 is 0 Å². The molecule has 0 aliphatic carbocycles. The highest BCUT2D eigenvalue weighted by Crippen LogP contribution is 2.28. The van der Waals surface area contributed by atoms with E-state index in [0.717, 1.165) is 16.9 Å². The molecule has 0 aromatic carbocycles. The van der Waals surface area contributed by atoms with E-state index in [1.807, 2.05) is 6.07 Å². The van der Waals surface area contributed by atoms with Gasteiger partial charge < -0.3 is 9.73 Å². The third kappa shape index (κ3) is 2.77. The zero-order valence-corrected chi connectivity index (χ0v) is 10.5. The Labute approximate surface area is 105 Å². The lowest BCUT2D eigenvalue weighted by Crippen LogP contribution is -2.06. The Morgan fingerprint density at radius 1 is 1.41 bits per heavy atom. The maximum atomic E-state index is 6.08. The highest BCUT2D eigenvalue weighted by atomic mass is 35.5. The first-order valence-electron chi connectivity index (χ1n) is 5.44. The van der Waals surface area contributed by atoms with Gasteiger partial charge in [0.15, 0.2) is 0 Å². The summed E-state index contributed by atoms with van der Waals surface area (Å²) in [6.45, 7) is 4.78. The fourth-order valence-corrected chi connectivity index (χ4v) is 1.96. The molecule has 0 unspecified atom stereocenters. The summed E-state index contributed by atoms with van der Waals surface area (Å²) in [4.78, 5) is 8.22. The summed E-state index contributed by atoms with van der Waals surface area (Å²) >= 11 is 6.08. The highest BCUT2D eigenvalue weighted by Gasteiger charge is 2.13. The zero-order chi connectivity index (χ0) is 12.3. The molecule has 0 spiro atoms. The monoisotopic (exact) mass is 251 g/mol. The SMILES string of the molecule is CC(C)c1c(Cl)ncnc1NCc1ccoc1. The second-order valence-electron chi connectivity index (χ2n) is 4.07. The smallest absolute Gasteiger partial charge is 0.138 e. The number of furan rings is 1. The quantitative estimate of drug-likeness (QED) is 0.846. The fourth-order valence-electron chi connectivity index (χ4n) is 1.61. The Hall–Kier alpha value is -1.55. The van der Waals surface area contributed by atoms with E-state index in [9.17, 15) is 0 Å². The van der Waals surface area contributed by atoms with Gasteiger partial charge in [0, 0.05) is 17.7 Å². The summed E-state index contributed by atoms with van der Waals surface area (Å²) in [6.07, 6.45) is 4.81. The molecule has 17 heavy (non-hydrogen) atoms. The summed E-state index contributed by atoms with van der Waals surface area (Å²) in [5.41, 5.74) is 2.01. The number of rotatable bonds is 4. The molecular weight excluding hydrogens is 238 g/mol. The number of halogens is 1. The Morgan fingerprint density at radius 2 is 2.24 bits per heavy atom. The summed E-state index contributed by atoms with van der Waals surface area (Å²) in [5, 5.41) is 3.75. The van der Waals surface area contributed by atoms with Crippen LogP contribution in [0.5, 0.6) is 0 Å². The van der Waals surface area contributed by atoms with Crippen molar-refractivity contribution in [3.8, 4) is 0 Å². The maximum absolute atomic E-state index is 6.08. The molecule has 2 rings (SSSR count). The number of nitrogens with one attached hydrogen (secondary N) is 1. The summed E-state index contributed by atoms with van der Waals surface area (Å²) in [7, 11) is 0. The van der Waals surface area contributed by atoms with Gasteiger partial charge in [-0.15, -0.1) is 0 Å². The van der Waals surface area contributed by atoms with Gasteiger partial charge in [0.25, 0.3) is 0 Å². The lowest BCUT2D eigenvalue weighted by molar-refractivity contribution is 0.564. The molecule has 90 valence electrons. The minimum atomic E-state index is 0.274. The molecular formula is C12H14ClN3O. The summed E-state index contributed by atoms with van der Waals surface area (Å²) in [6, 6.07) is 1.91. The number of nitrogens with zero attached hydrogens (tertiary/aromatic N) is 2. The largest absolute Gasteiger partial charge is 0.472 e. The van der Waals surface area contributed by atoms with Crippen LogP contribution in [0.2, 0.25) is 5.15 Å². The Bertz CT molecular complexity index is 483. The van der Waals surface area contributed by atoms with Crippen LogP contribution in [-0.2, 0) is 6.54 Å². The van der Waals surface area contributed by atoms with Crippen molar-refractivity contribution in [3.05, 3.63) is 41.2 Å². The Kier molecular flexibility index (Phi) is 3.64. The van der Waals surface area contributed by atoms with Gasteiger partial charge in [0.1, 0.15) is 17.3 Å². The molecule has 0 aliphatic rings. The molecule has 0 amide bonds. The first-order chi connectivity index (χ1) is 8.18. The van der Waals surface area contributed by atoms with Gasteiger partial charge in [-0.25, -0.2) is 9.97 Å².